The molecule has 2 saturated carbocycles. The fourth-order valence-corrected chi connectivity index (χ4v) is 15.6. The number of aromatic nitrogens is 2. The van der Waals surface area contributed by atoms with Crippen LogP contribution in [-0.4, -0.2) is 68.8 Å². The molecule has 2 saturated heterocycles. The van der Waals surface area contributed by atoms with E-state index >= 15 is 0 Å². The molecule has 11 nitrogen and oxygen atoms in total. The smallest absolute Gasteiger partial charge is 0.303 e. The second kappa shape index (κ2) is 35.6. The van der Waals surface area contributed by atoms with Gasteiger partial charge in [-0.2, -0.15) is 11.8 Å². The van der Waals surface area contributed by atoms with Crippen LogP contribution < -0.4 is 0 Å². The number of fused-ring (bicyclic) bond motifs is 2. The Labute approximate surface area is 611 Å². The van der Waals surface area contributed by atoms with Gasteiger partial charge in [-0.3, -0.25) is 14.4 Å². The van der Waals surface area contributed by atoms with Crippen molar-refractivity contribution >= 4 is 110 Å². The molecular weight excluding hydrogens is 1480 g/mol. The molecular formula is C82H91Cl2N2O9S2W-. The van der Waals surface area contributed by atoms with Crippen molar-refractivity contribution in [1.82, 2.24) is 9.97 Å². The van der Waals surface area contributed by atoms with E-state index in [1.165, 1.54) is 39.6 Å². The van der Waals surface area contributed by atoms with Gasteiger partial charge in [-0.25, -0.2) is 9.97 Å². The van der Waals surface area contributed by atoms with Crippen molar-refractivity contribution in [3.05, 3.63) is 231 Å². The fraction of sp³-hybridized carbons (Fsp3) is 0.390. The van der Waals surface area contributed by atoms with Gasteiger partial charge in [0.2, 0.25) is 0 Å². The van der Waals surface area contributed by atoms with E-state index in [1.54, 1.807) is 6.92 Å². The number of thioether (sulfide) groups is 2. The molecule has 0 bridgehead atoms. The maximum Gasteiger partial charge on any atom is 0.303 e. The van der Waals surface area contributed by atoms with Gasteiger partial charge in [0.05, 0.1) is 40.0 Å². The van der Waals surface area contributed by atoms with Gasteiger partial charge in [0.15, 0.2) is 17.7 Å². The topological polar surface area (TPSA) is 154 Å². The number of ether oxygens (including phenoxy) is 4. The van der Waals surface area contributed by atoms with E-state index in [-0.39, 0.29) is 72.9 Å². The summed E-state index contributed by atoms with van der Waals surface area (Å²) in [5.41, 5.74) is 11.8. The average Bonchev–Trinajstić information content (AvgIpc) is 0.921. The quantitative estimate of drug-likeness (QED) is 0.0495. The molecule has 0 radical (unpaired) electrons. The number of carboxylic acids is 2. The number of rotatable bonds is 26. The average molecular weight is 1570 g/mol. The Morgan fingerprint density at radius 2 is 1.05 bits per heavy atom. The minimum Gasteiger partial charge on any atom is -0.481 e. The normalized spacial score (nSPS) is 17.8. The van der Waals surface area contributed by atoms with Gasteiger partial charge in [-0.15, -0.1) is 5.41 Å². The van der Waals surface area contributed by atoms with Crippen molar-refractivity contribution in [2.24, 2.45) is 10.8 Å². The monoisotopic (exact) mass is 1570 g/mol. The molecule has 4 fully saturated rings. The Morgan fingerprint density at radius 1 is 0.592 bits per heavy atom. The van der Waals surface area contributed by atoms with Crippen LogP contribution in [0.1, 0.15) is 191 Å². The first-order valence-corrected chi connectivity index (χ1v) is 36.8. The number of pyridine rings is 2. The van der Waals surface area contributed by atoms with Gasteiger partial charge in [-0.05, 0) is 203 Å². The number of carboxylic acid groups (broad SMARTS) is 2. The first kappa shape index (κ1) is 76.2. The van der Waals surface area contributed by atoms with Gasteiger partial charge in [0.25, 0.3) is 0 Å². The molecule has 2 N–H and O–H groups in total. The number of halogens is 2. The zero-order valence-corrected chi connectivity index (χ0v) is 63.0. The molecule has 516 valence electrons. The molecule has 12 rings (SSSR count). The predicted octanol–water partition coefficient (Wildman–Crippen LogP) is 21.4. The largest absolute Gasteiger partial charge is 0.481 e. The molecule has 2 aliphatic heterocycles. The Kier molecular flexibility index (Phi) is 27.7. The molecule has 2 aliphatic carbocycles. The first-order valence-electron chi connectivity index (χ1n) is 34.1. The van der Waals surface area contributed by atoms with Crippen LogP contribution in [0.15, 0.2) is 158 Å². The molecule has 4 aliphatic rings. The third-order valence-corrected chi connectivity index (χ3v) is 21.8. The van der Waals surface area contributed by atoms with Crippen molar-refractivity contribution in [1.29, 1.82) is 0 Å². The standard InChI is InChI=1S/C40H44ClNO4S.C36H38ClNO3S.C6H9O2.W/c1-39(2,46-38-12-5-6-23-45-38)34-11-4-3-9-29(34)16-20-36(47-27-40(21-22-40)26-37(43)44)31-10-7-8-28(24-31)13-18-33-19-15-30-14-17-32(41)25-35(30)42-33;1-25(39)42-34(21-17-27-10-4-5-12-32(27)36(2,3)41-35-13-6-7-22-40-35)29-11-8-9-26(23-29)14-19-31-20-16-28-15-18-30(37)24-33(28)38-31;1-6(2-3-6)4-5(7)8;/h3-4,7-11,13-15,17-19,24-25,36,38H,5-6,12,16,20-23,26-27H2,1-2H3,(H,43,44);4-5,8-12,14-16,18-20,23-24,34-35H,6-7,13,17,21-22H2,1-3H3;1-4H2,(H,7,8);/q;;-1;/b18-13+;19-14+;;/t36-,38?;34-,35?;;/m11../s1. The second-order valence-electron chi connectivity index (χ2n) is 27.4. The molecule has 4 heterocycles. The van der Waals surface area contributed by atoms with Crippen LogP contribution in [0.3, 0.4) is 0 Å². The zero-order valence-electron chi connectivity index (χ0n) is 56.9. The van der Waals surface area contributed by atoms with E-state index in [0.29, 0.717) is 10.0 Å². The summed E-state index contributed by atoms with van der Waals surface area (Å²) in [7, 11) is 0. The van der Waals surface area contributed by atoms with Crippen molar-refractivity contribution < 1.29 is 64.6 Å². The third kappa shape index (κ3) is 23.0. The van der Waals surface area contributed by atoms with E-state index < -0.39 is 23.1 Å². The molecule has 98 heavy (non-hydrogen) atoms. The van der Waals surface area contributed by atoms with Crippen molar-refractivity contribution in [3.63, 3.8) is 0 Å². The van der Waals surface area contributed by atoms with Crippen LogP contribution >= 0.6 is 46.7 Å². The van der Waals surface area contributed by atoms with E-state index in [4.69, 9.17) is 57.2 Å². The number of aliphatic carboxylic acids is 2. The summed E-state index contributed by atoms with van der Waals surface area (Å²) in [5.74, 6) is -0.574. The van der Waals surface area contributed by atoms with E-state index in [9.17, 15) is 19.5 Å². The summed E-state index contributed by atoms with van der Waals surface area (Å²) in [6.07, 6.45) is 22.1. The number of hydrogen-bond donors (Lipinski definition) is 2. The Balaban J connectivity index is 0.000000205. The maximum absolute atomic E-state index is 12.3. The molecule has 4 atom stereocenters. The Morgan fingerprint density at radius 3 is 1.48 bits per heavy atom. The maximum atomic E-state index is 12.3. The Hall–Kier alpha value is -5.96. The summed E-state index contributed by atoms with van der Waals surface area (Å²) >= 11 is 15.7. The molecule has 16 heteroatoms. The summed E-state index contributed by atoms with van der Waals surface area (Å²) < 4.78 is 24.8. The summed E-state index contributed by atoms with van der Waals surface area (Å²) in [6.45, 7) is 15.4. The van der Waals surface area contributed by atoms with Gasteiger partial charge in [-0.1, -0.05) is 181 Å². The minimum atomic E-state index is -0.725. The number of benzene rings is 6. The number of carbonyl (C=O) groups is 3. The molecule has 0 spiro atoms. The van der Waals surface area contributed by atoms with Gasteiger partial charge >= 0.3 is 11.9 Å². The van der Waals surface area contributed by atoms with Crippen molar-refractivity contribution in [2.75, 3.05) is 19.0 Å². The molecule has 2 aromatic heterocycles. The molecule has 2 unspecified atom stereocenters. The molecule has 0 amide bonds. The van der Waals surface area contributed by atoms with Gasteiger partial charge < -0.3 is 36.1 Å². The van der Waals surface area contributed by atoms with Crippen LogP contribution in [0, 0.1) is 17.8 Å². The third-order valence-electron chi connectivity index (χ3n) is 18.5. The van der Waals surface area contributed by atoms with Crippen molar-refractivity contribution in [3.8, 4) is 0 Å². The summed E-state index contributed by atoms with van der Waals surface area (Å²) in [6, 6.07) is 53.9. The van der Waals surface area contributed by atoms with Crippen LogP contribution in [0.2, 0.25) is 10.0 Å². The van der Waals surface area contributed by atoms with Crippen molar-refractivity contribution in [2.45, 2.75) is 172 Å². The predicted molar refractivity (Wildman–Crippen MR) is 399 cm³/mol. The number of hydrogen-bond acceptors (Lipinski definition) is 11. The fourth-order valence-electron chi connectivity index (χ4n) is 12.8. The number of aryl methyl sites for hydroxylation is 2. The second-order valence-corrected chi connectivity index (χ2v) is 30.9. The molecule has 6 aromatic carbocycles. The van der Waals surface area contributed by atoms with E-state index in [2.05, 4.69) is 156 Å². The summed E-state index contributed by atoms with van der Waals surface area (Å²) in [5, 5.41) is 21.6. The van der Waals surface area contributed by atoms with Crippen LogP contribution in [0.5, 0.6) is 0 Å². The SMILES string of the molecule is CC(=O)S[C@H](CCc1ccccc1C(C)(C)OC1CCCCO1)c1cccc(/C=C/c2ccc3ccc(Cl)cc3n2)c1.CC(C)(OC1CCCCO1)c1ccccc1CC[C@@H](SCC1(CC(=O)O)CC1)c1cccc(/C=C/c2ccc3ccc(Cl)cc3n2)c1.[CH2-]C1(CC(=O)O)CC1.[W]. The first-order chi connectivity index (χ1) is 46.6. The van der Waals surface area contributed by atoms with Crippen LogP contribution in [0.25, 0.3) is 46.1 Å². The molecule has 8 aromatic rings. The van der Waals surface area contributed by atoms with Crippen LogP contribution in [0.4, 0.5) is 0 Å². The van der Waals surface area contributed by atoms with Gasteiger partial charge in [0, 0.05) is 84.7 Å². The number of nitrogens with zero attached hydrogens (tertiary/aromatic N) is 2. The zero-order chi connectivity index (χ0) is 68.6. The van der Waals surface area contributed by atoms with E-state index in [0.717, 1.165) is 159 Å². The minimum absolute atomic E-state index is 0. The summed E-state index contributed by atoms with van der Waals surface area (Å²) in [4.78, 5) is 43.5. The number of carbonyl (C=O) groups excluding carboxylic acids is 1. The van der Waals surface area contributed by atoms with Gasteiger partial charge in [0.1, 0.15) is 0 Å². The Bertz CT molecular complexity index is 4060. The van der Waals surface area contributed by atoms with E-state index in [1.807, 2.05) is 72.4 Å². The van der Waals surface area contributed by atoms with Crippen LogP contribution in [-0.2, 0) is 78.4 Å².